The highest BCUT2D eigenvalue weighted by Crippen LogP contribution is 2.35. The fourth-order valence-electron chi connectivity index (χ4n) is 4.38. The fourth-order valence-corrected chi connectivity index (χ4v) is 5.62. The number of amides is 1. The molecule has 220 valence electrons. The number of benzene rings is 4. The van der Waals surface area contributed by atoms with E-state index in [0.717, 1.165) is 11.3 Å². The molecule has 0 fully saturated rings. The number of nitrogens with two attached hydrogens (primary N) is 1. The number of carbonyl (C=O) groups is 1. The van der Waals surface area contributed by atoms with Crippen LogP contribution in [0.4, 0.5) is 16.2 Å². The van der Waals surface area contributed by atoms with Gasteiger partial charge >= 0.3 is 6.09 Å². The van der Waals surface area contributed by atoms with Crippen LogP contribution in [0.1, 0.15) is 5.56 Å². The number of methoxy groups -OCH3 is 3. The van der Waals surface area contributed by atoms with Crippen molar-refractivity contribution in [2.24, 2.45) is 5.73 Å². The molecule has 1 amide bonds. The zero-order valence-electron chi connectivity index (χ0n) is 23.6. The summed E-state index contributed by atoms with van der Waals surface area (Å²) in [6, 6.07) is 26.9. The topological polar surface area (TPSA) is 129 Å². The van der Waals surface area contributed by atoms with Crippen LogP contribution in [-0.2, 0) is 21.3 Å². The maximum absolute atomic E-state index is 13.7. The Morgan fingerprint density at radius 1 is 0.810 bits per heavy atom. The van der Waals surface area contributed by atoms with Gasteiger partial charge in [0.25, 0.3) is 10.0 Å². The Morgan fingerprint density at radius 2 is 1.52 bits per heavy atom. The molecule has 4 aromatic carbocycles. The van der Waals surface area contributed by atoms with E-state index in [0.29, 0.717) is 41.4 Å². The Labute approximate surface area is 245 Å². The lowest BCUT2D eigenvalue weighted by Gasteiger charge is -2.25. The van der Waals surface area contributed by atoms with Crippen LogP contribution in [-0.4, -0.2) is 49.0 Å². The number of hydrogen-bond donors (Lipinski definition) is 2. The molecule has 42 heavy (non-hydrogen) atoms. The van der Waals surface area contributed by atoms with E-state index in [1.807, 2.05) is 41.3 Å². The lowest BCUT2D eigenvalue weighted by Crippen LogP contribution is -2.29. The summed E-state index contributed by atoms with van der Waals surface area (Å²) in [5.74, 6) is 1.33. The van der Waals surface area contributed by atoms with Crippen LogP contribution in [0, 0.1) is 0 Å². The SMILES string of the molecule is COc1cc(OC)cc(-c2ccc(OC)c(S(=O)(=O)Nc3cccc(N(CCOC(N)=O)Cc4ccccc4)c3)c2)c1. The van der Waals surface area contributed by atoms with Gasteiger partial charge in [-0.2, -0.15) is 0 Å². The third-order valence-corrected chi connectivity index (χ3v) is 7.83. The highest BCUT2D eigenvalue weighted by Gasteiger charge is 2.22. The highest BCUT2D eigenvalue weighted by molar-refractivity contribution is 7.92. The first-order valence-electron chi connectivity index (χ1n) is 13.0. The van der Waals surface area contributed by atoms with Crippen LogP contribution < -0.4 is 29.6 Å². The number of hydrogen-bond acceptors (Lipinski definition) is 8. The average molecular weight is 592 g/mol. The van der Waals surface area contributed by atoms with Crippen molar-refractivity contribution in [3.05, 3.63) is 96.6 Å². The van der Waals surface area contributed by atoms with Crippen molar-refractivity contribution in [1.82, 2.24) is 0 Å². The maximum Gasteiger partial charge on any atom is 0.404 e. The van der Waals surface area contributed by atoms with Crippen molar-refractivity contribution >= 4 is 27.5 Å². The number of primary amides is 1. The Hall–Kier alpha value is -4.90. The average Bonchev–Trinajstić information content (AvgIpc) is 3.00. The molecule has 11 heteroatoms. The normalized spacial score (nSPS) is 10.9. The van der Waals surface area contributed by atoms with Crippen molar-refractivity contribution in [3.8, 4) is 28.4 Å². The molecule has 4 aromatic rings. The van der Waals surface area contributed by atoms with Crippen LogP contribution in [0.3, 0.4) is 0 Å². The van der Waals surface area contributed by atoms with Crippen molar-refractivity contribution in [1.29, 1.82) is 0 Å². The molecule has 0 radical (unpaired) electrons. The Balaban J connectivity index is 1.65. The molecule has 0 aromatic heterocycles. The van der Waals surface area contributed by atoms with E-state index in [2.05, 4.69) is 4.72 Å². The van der Waals surface area contributed by atoms with Crippen LogP contribution in [0.2, 0.25) is 0 Å². The number of anilines is 2. The van der Waals surface area contributed by atoms with E-state index < -0.39 is 16.1 Å². The van der Waals surface area contributed by atoms with Gasteiger partial charge in [-0.15, -0.1) is 0 Å². The smallest absolute Gasteiger partial charge is 0.404 e. The van der Waals surface area contributed by atoms with Gasteiger partial charge in [-0.3, -0.25) is 4.72 Å². The number of ether oxygens (including phenoxy) is 4. The summed E-state index contributed by atoms with van der Waals surface area (Å²) in [4.78, 5) is 13.1. The van der Waals surface area contributed by atoms with E-state index in [4.69, 9.17) is 24.7 Å². The van der Waals surface area contributed by atoms with Crippen molar-refractivity contribution in [2.75, 3.05) is 44.1 Å². The largest absolute Gasteiger partial charge is 0.497 e. The number of carbonyl (C=O) groups excluding carboxylic acids is 1. The van der Waals surface area contributed by atoms with Crippen LogP contribution in [0.25, 0.3) is 11.1 Å². The summed E-state index contributed by atoms with van der Waals surface area (Å²) in [6.45, 7) is 0.907. The molecule has 0 spiro atoms. The van der Waals surface area contributed by atoms with Gasteiger partial charge in [0, 0.05) is 18.3 Å². The van der Waals surface area contributed by atoms with E-state index in [1.165, 1.54) is 7.11 Å². The minimum Gasteiger partial charge on any atom is -0.497 e. The zero-order valence-corrected chi connectivity index (χ0v) is 24.4. The molecular formula is C31H33N3O7S. The second kappa shape index (κ2) is 13.6. The van der Waals surface area contributed by atoms with Gasteiger partial charge in [-0.1, -0.05) is 42.5 Å². The highest BCUT2D eigenvalue weighted by atomic mass is 32.2. The molecule has 0 saturated carbocycles. The second-order valence-electron chi connectivity index (χ2n) is 9.20. The summed E-state index contributed by atoms with van der Waals surface area (Å²) < 4.78 is 51.2. The lowest BCUT2D eigenvalue weighted by atomic mass is 10.0. The van der Waals surface area contributed by atoms with Gasteiger partial charge < -0.3 is 29.6 Å². The first-order chi connectivity index (χ1) is 20.2. The van der Waals surface area contributed by atoms with E-state index in [1.54, 1.807) is 68.8 Å². The second-order valence-corrected chi connectivity index (χ2v) is 10.8. The minimum atomic E-state index is -4.09. The van der Waals surface area contributed by atoms with Crippen LogP contribution in [0.15, 0.2) is 95.9 Å². The third kappa shape index (κ3) is 7.64. The molecule has 0 bridgehead atoms. The third-order valence-electron chi connectivity index (χ3n) is 6.42. The molecule has 0 saturated heterocycles. The van der Waals surface area contributed by atoms with Crippen molar-refractivity contribution < 1.29 is 32.2 Å². The van der Waals surface area contributed by atoms with Gasteiger partial charge in [0.1, 0.15) is 28.8 Å². The molecule has 0 heterocycles. The van der Waals surface area contributed by atoms with Gasteiger partial charge in [-0.25, -0.2) is 13.2 Å². The number of rotatable bonds is 13. The van der Waals surface area contributed by atoms with Gasteiger partial charge in [-0.05, 0) is 59.2 Å². The maximum atomic E-state index is 13.7. The van der Waals surface area contributed by atoms with Crippen LogP contribution >= 0.6 is 0 Å². The molecule has 10 nitrogen and oxygen atoms in total. The number of sulfonamides is 1. The monoisotopic (exact) mass is 591 g/mol. The van der Waals surface area contributed by atoms with E-state index in [9.17, 15) is 13.2 Å². The van der Waals surface area contributed by atoms with E-state index >= 15 is 0 Å². The van der Waals surface area contributed by atoms with E-state index in [-0.39, 0.29) is 17.3 Å². The summed E-state index contributed by atoms with van der Waals surface area (Å²) in [6.07, 6.45) is -0.861. The molecule has 0 aliphatic carbocycles. The summed E-state index contributed by atoms with van der Waals surface area (Å²) >= 11 is 0. The minimum absolute atomic E-state index is 0.0364. The van der Waals surface area contributed by atoms with Crippen molar-refractivity contribution in [3.63, 3.8) is 0 Å². The van der Waals surface area contributed by atoms with Crippen LogP contribution in [0.5, 0.6) is 17.2 Å². The lowest BCUT2D eigenvalue weighted by molar-refractivity contribution is 0.159. The predicted molar refractivity (Wildman–Crippen MR) is 162 cm³/mol. The van der Waals surface area contributed by atoms with Gasteiger partial charge in [0.2, 0.25) is 0 Å². The van der Waals surface area contributed by atoms with Gasteiger partial charge in [0.15, 0.2) is 0 Å². The summed E-state index contributed by atoms with van der Waals surface area (Å²) in [7, 11) is 0.422. The van der Waals surface area contributed by atoms with Crippen molar-refractivity contribution in [2.45, 2.75) is 11.4 Å². The molecule has 0 aliphatic rings. The quantitative estimate of drug-likeness (QED) is 0.215. The molecule has 0 unspecified atom stereocenters. The summed E-state index contributed by atoms with van der Waals surface area (Å²) in [5, 5.41) is 0. The first-order valence-corrected chi connectivity index (χ1v) is 14.5. The Kier molecular flexibility index (Phi) is 9.77. The molecule has 4 rings (SSSR count). The number of nitrogens with one attached hydrogen (secondary N) is 1. The Bertz CT molecular complexity index is 1610. The molecular weight excluding hydrogens is 558 g/mol. The predicted octanol–water partition coefficient (Wildman–Crippen LogP) is 5.28. The number of nitrogens with zero attached hydrogens (tertiary/aromatic N) is 1. The fraction of sp³-hybridized carbons (Fsp3) is 0.194. The zero-order chi connectivity index (χ0) is 30.1. The standard InChI is InChI=1S/C31H33N3O7S/c1-38-27-16-24(17-28(20-27)39-2)23-12-13-29(40-3)30(18-23)42(36,37)33-25-10-7-11-26(19-25)34(14-15-41-31(32)35)21-22-8-5-4-6-9-22/h4-13,16-20,33H,14-15,21H2,1-3H3,(H2,32,35). The van der Waals surface area contributed by atoms with Gasteiger partial charge in [0.05, 0.1) is 33.6 Å². The first kappa shape index (κ1) is 30.1. The Morgan fingerprint density at radius 3 is 2.17 bits per heavy atom. The molecule has 0 aliphatic heterocycles. The summed E-state index contributed by atoms with van der Waals surface area (Å²) in [5.41, 5.74) is 8.57. The molecule has 0 atom stereocenters. The molecule has 3 N–H and O–H groups in total.